The van der Waals surface area contributed by atoms with Gasteiger partial charge in [0.15, 0.2) is 0 Å². The maximum atomic E-state index is 12.2. The summed E-state index contributed by atoms with van der Waals surface area (Å²) in [5.41, 5.74) is 3.86. The average molecular weight is 437 g/mol. The van der Waals surface area contributed by atoms with E-state index in [1.165, 1.54) is 11.1 Å². The number of ether oxygens (including phenoxy) is 2. The van der Waals surface area contributed by atoms with Crippen LogP contribution in [0.5, 0.6) is 11.5 Å². The van der Waals surface area contributed by atoms with E-state index in [2.05, 4.69) is 35.6 Å². The van der Waals surface area contributed by atoms with Gasteiger partial charge in [-0.25, -0.2) is 0 Å². The summed E-state index contributed by atoms with van der Waals surface area (Å²) < 4.78 is 11.6. The van der Waals surface area contributed by atoms with Crippen molar-refractivity contribution >= 4 is 5.91 Å². The van der Waals surface area contributed by atoms with Gasteiger partial charge in [-0.15, -0.1) is 0 Å². The van der Waals surface area contributed by atoms with Gasteiger partial charge in [0.05, 0.1) is 13.2 Å². The van der Waals surface area contributed by atoms with Gasteiger partial charge in [-0.2, -0.15) is 0 Å². The largest absolute Gasteiger partial charge is 0.493 e. The van der Waals surface area contributed by atoms with Gasteiger partial charge in [0, 0.05) is 24.6 Å². The van der Waals surface area contributed by atoms with Crippen LogP contribution in [0.1, 0.15) is 22.3 Å². The highest BCUT2D eigenvalue weighted by Gasteiger charge is 2.05. The molecule has 33 heavy (non-hydrogen) atoms. The van der Waals surface area contributed by atoms with Crippen LogP contribution in [0.2, 0.25) is 0 Å². The zero-order valence-corrected chi connectivity index (χ0v) is 18.4. The van der Waals surface area contributed by atoms with E-state index in [0.717, 1.165) is 17.7 Å². The maximum absolute atomic E-state index is 12.2. The molecule has 0 saturated heterocycles. The number of hydrogen-bond acceptors (Lipinski definition) is 3. The third-order valence-electron chi connectivity index (χ3n) is 5.08. The normalized spacial score (nSPS) is 10.4. The highest BCUT2D eigenvalue weighted by molar-refractivity contribution is 5.94. The van der Waals surface area contributed by atoms with E-state index in [9.17, 15) is 4.79 Å². The zero-order valence-electron chi connectivity index (χ0n) is 18.4. The lowest BCUT2D eigenvalue weighted by atomic mass is 10.1. The van der Waals surface area contributed by atoms with E-state index in [-0.39, 0.29) is 5.91 Å². The van der Waals surface area contributed by atoms with Crippen molar-refractivity contribution in [1.29, 1.82) is 0 Å². The second kappa shape index (κ2) is 11.5. The van der Waals surface area contributed by atoms with Crippen molar-refractivity contribution < 1.29 is 14.3 Å². The van der Waals surface area contributed by atoms with E-state index in [4.69, 9.17) is 9.47 Å². The number of carbonyl (C=O) groups is 1. The smallest absolute Gasteiger partial charge is 0.251 e. The van der Waals surface area contributed by atoms with Crippen LogP contribution in [0.25, 0.3) is 11.1 Å². The van der Waals surface area contributed by atoms with E-state index in [0.29, 0.717) is 31.1 Å². The number of hydrogen-bond donors (Lipinski definition) is 1. The molecule has 4 heteroatoms. The Labute approximate surface area is 194 Å². The van der Waals surface area contributed by atoms with Crippen LogP contribution in [0.15, 0.2) is 103 Å². The molecule has 0 fully saturated rings. The third kappa shape index (κ3) is 6.71. The maximum Gasteiger partial charge on any atom is 0.251 e. The SMILES string of the molecule is O=C(NCc1[c]c(OCCCOc2ccc(-c3ccccc3)cc2)ccc1)c1ccccc1. The minimum absolute atomic E-state index is 0.107. The molecule has 1 amide bonds. The second-order valence-electron chi connectivity index (χ2n) is 7.53. The van der Waals surface area contributed by atoms with Gasteiger partial charge in [0.2, 0.25) is 0 Å². The summed E-state index contributed by atoms with van der Waals surface area (Å²) in [5, 5.41) is 2.91. The van der Waals surface area contributed by atoms with Crippen molar-refractivity contribution in [3.8, 4) is 22.6 Å². The lowest BCUT2D eigenvalue weighted by Crippen LogP contribution is -2.22. The fraction of sp³-hybridized carbons (Fsp3) is 0.138. The van der Waals surface area contributed by atoms with Gasteiger partial charge >= 0.3 is 0 Å². The first-order chi connectivity index (χ1) is 16.3. The Kier molecular flexibility index (Phi) is 7.74. The number of amides is 1. The Morgan fingerprint density at radius 3 is 2.12 bits per heavy atom. The standard InChI is InChI=1S/C29H26NO3/c31-29(26-12-5-2-6-13-26)30-22-23-9-7-14-28(21-23)33-20-8-19-32-27-17-15-25(16-18-27)24-10-3-1-4-11-24/h1-7,9-18H,8,19-20,22H2,(H,30,31). The molecule has 4 aromatic rings. The van der Waals surface area contributed by atoms with Crippen LogP contribution < -0.4 is 14.8 Å². The Hall–Kier alpha value is -4.05. The molecular weight excluding hydrogens is 410 g/mol. The van der Waals surface area contributed by atoms with Crippen molar-refractivity contribution in [2.75, 3.05) is 13.2 Å². The average Bonchev–Trinajstić information content (AvgIpc) is 2.89. The van der Waals surface area contributed by atoms with Gasteiger partial charge in [0.1, 0.15) is 11.5 Å². The quantitative estimate of drug-likeness (QED) is 0.313. The van der Waals surface area contributed by atoms with Gasteiger partial charge in [0.25, 0.3) is 5.91 Å². The summed E-state index contributed by atoms with van der Waals surface area (Å²) in [4.78, 5) is 12.2. The van der Waals surface area contributed by atoms with Crippen molar-refractivity contribution in [3.05, 3.63) is 120 Å². The molecule has 0 atom stereocenters. The highest BCUT2D eigenvalue weighted by atomic mass is 16.5. The fourth-order valence-corrected chi connectivity index (χ4v) is 3.35. The first kappa shape index (κ1) is 22.2. The van der Waals surface area contributed by atoms with Crippen LogP contribution in [-0.4, -0.2) is 19.1 Å². The first-order valence-electron chi connectivity index (χ1n) is 11.0. The molecule has 0 spiro atoms. The zero-order chi connectivity index (χ0) is 22.7. The second-order valence-corrected chi connectivity index (χ2v) is 7.53. The molecule has 165 valence electrons. The summed E-state index contributed by atoms with van der Waals surface area (Å²) in [5.74, 6) is 1.40. The van der Waals surface area contributed by atoms with E-state index >= 15 is 0 Å². The van der Waals surface area contributed by atoms with E-state index in [1.54, 1.807) is 12.1 Å². The van der Waals surface area contributed by atoms with Gasteiger partial charge in [-0.05, 0) is 47.0 Å². The predicted octanol–water partition coefficient (Wildman–Crippen LogP) is 5.93. The van der Waals surface area contributed by atoms with Gasteiger partial charge < -0.3 is 14.8 Å². The molecule has 4 aromatic carbocycles. The molecule has 0 aliphatic heterocycles. The first-order valence-corrected chi connectivity index (χ1v) is 11.0. The Balaban J connectivity index is 1.17. The van der Waals surface area contributed by atoms with Crippen LogP contribution in [0.3, 0.4) is 0 Å². The summed E-state index contributed by atoms with van der Waals surface area (Å²) in [6.45, 7) is 1.49. The molecule has 0 saturated carbocycles. The van der Waals surface area contributed by atoms with E-state index in [1.807, 2.05) is 66.7 Å². The van der Waals surface area contributed by atoms with Crippen molar-refractivity contribution in [2.24, 2.45) is 0 Å². The molecule has 0 aromatic heterocycles. The molecule has 1 N–H and O–H groups in total. The minimum atomic E-state index is -0.107. The highest BCUT2D eigenvalue weighted by Crippen LogP contribution is 2.22. The molecule has 0 unspecified atom stereocenters. The van der Waals surface area contributed by atoms with Gasteiger partial charge in [-0.3, -0.25) is 4.79 Å². The number of nitrogens with one attached hydrogen (secondary N) is 1. The third-order valence-corrected chi connectivity index (χ3v) is 5.08. The van der Waals surface area contributed by atoms with Gasteiger partial charge in [-0.1, -0.05) is 72.8 Å². The lowest BCUT2D eigenvalue weighted by Gasteiger charge is -2.10. The summed E-state index contributed by atoms with van der Waals surface area (Å²) in [7, 11) is 0. The van der Waals surface area contributed by atoms with Crippen LogP contribution in [0, 0.1) is 6.07 Å². The molecule has 0 aliphatic rings. The van der Waals surface area contributed by atoms with Crippen molar-refractivity contribution in [3.63, 3.8) is 0 Å². The van der Waals surface area contributed by atoms with Crippen molar-refractivity contribution in [1.82, 2.24) is 5.32 Å². The molecule has 0 aliphatic carbocycles. The molecule has 1 radical (unpaired) electrons. The molecule has 4 nitrogen and oxygen atoms in total. The minimum Gasteiger partial charge on any atom is -0.493 e. The summed E-state index contributed by atoms with van der Waals surface area (Å²) >= 11 is 0. The van der Waals surface area contributed by atoms with Crippen molar-refractivity contribution in [2.45, 2.75) is 13.0 Å². The number of rotatable bonds is 10. The molecule has 0 heterocycles. The molecular formula is C29H26NO3. The monoisotopic (exact) mass is 436 g/mol. The molecule has 0 bridgehead atoms. The Morgan fingerprint density at radius 1 is 0.697 bits per heavy atom. The Morgan fingerprint density at radius 2 is 1.36 bits per heavy atom. The van der Waals surface area contributed by atoms with Crippen LogP contribution >= 0.6 is 0 Å². The summed E-state index contributed by atoms with van der Waals surface area (Å²) in [6.07, 6.45) is 0.753. The predicted molar refractivity (Wildman–Crippen MR) is 130 cm³/mol. The lowest BCUT2D eigenvalue weighted by molar-refractivity contribution is 0.0951. The fourth-order valence-electron chi connectivity index (χ4n) is 3.35. The number of carbonyl (C=O) groups excluding carboxylic acids is 1. The topological polar surface area (TPSA) is 47.6 Å². The molecule has 4 rings (SSSR count). The van der Waals surface area contributed by atoms with Crippen LogP contribution in [-0.2, 0) is 6.54 Å². The summed E-state index contributed by atoms with van der Waals surface area (Å²) in [6, 6.07) is 36.4. The number of benzene rings is 4. The van der Waals surface area contributed by atoms with Crippen LogP contribution in [0.4, 0.5) is 0 Å². The van der Waals surface area contributed by atoms with E-state index < -0.39 is 0 Å². The Bertz CT molecular complexity index is 1140.